The Morgan fingerprint density at radius 3 is 2.82 bits per heavy atom. The van der Waals surface area contributed by atoms with Crippen LogP contribution in [0.25, 0.3) is 22.1 Å². The maximum Gasteiger partial charge on any atom is 0.264 e. The number of imidazole rings is 1. The first-order chi connectivity index (χ1) is 16.2. The average Bonchev–Trinajstić information content (AvgIpc) is 3.51. The second-order valence-electron chi connectivity index (χ2n) is 8.13. The summed E-state index contributed by atoms with van der Waals surface area (Å²) in [5.41, 5.74) is 2.26. The first kappa shape index (κ1) is 19.5. The minimum atomic E-state index is -0.559. The van der Waals surface area contributed by atoms with Gasteiger partial charge in [-0.1, -0.05) is 36.4 Å². The monoisotopic (exact) mass is 441 g/mol. The van der Waals surface area contributed by atoms with E-state index < -0.39 is 5.82 Å². The fraction of sp³-hybridized carbons (Fsp3) is 0.208. The topological polar surface area (TPSA) is 92.6 Å². The molecule has 0 saturated carbocycles. The number of H-pyrrole nitrogens is 1. The van der Waals surface area contributed by atoms with Crippen LogP contribution < -0.4 is 10.5 Å². The van der Waals surface area contributed by atoms with Crippen LogP contribution >= 0.6 is 0 Å². The van der Waals surface area contributed by atoms with Gasteiger partial charge in [-0.2, -0.15) is 0 Å². The molecule has 0 amide bonds. The maximum atomic E-state index is 14.7. The van der Waals surface area contributed by atoms with E-state index >= 15 is 0 Å². The van der Waals surface area contributed by atoms with E-state index in [9.17, 15) is 9.18 Å². The standard InChI is InChI=1S/C24H20FN7O/c25-16-8-4-9-17-19(16)24(33)32(12-15-6-2-1-3-7-15)22(30-17)18-10-5-11-31(18)23-20-21(27-13-26-20)28-14-29-23/h1-4,6-9,13-14,18H,5,10-12H2,(H,26,27,28,29)/t18-/m0/s1. The molecule has 1 atom stereocenters. The van der Waals surface area contributed by atoms with Gasteiger partial charge in [-0.25, -0.2) is 24.3 Å². The summed E-state index contributed by atoms with van der Waals surface area (Å²) in [5.74, 6) is 0.766. The number of anilines is 1. The van der Waals surface area contributed by atoms with Gasteiger partial charge in [-0.15, -0.1) is 0 Å². The van der Waals surface area contributed by atoms with Gasteiger partial charge in [0.05, 0.1) is 24.4 Å². The van der Waals surface area contributed by atoms with E-state index in [1.54, 1.807) is 23.0 Å². The van der Waals surface area contributed by atoms with E-state index in [0.29, 0.717) is 23.5 Å². The Morgan fingerprint density at radius 2 is 1.94 bits per heavy atom. The molecule has 5 aromatic rings. The van der Waals surface area contributed by atoms with Gasteiger partial charge in [0.1, 0.15) is 28.9 Å². The van der Waals surface area contributed by atoms with E-state index in [1.807, 2.05) is 30.3 Å². The van der Waals surface area contributed by atoms with Gasteiger partial charge < -0.3 is 9.88 Å². The van der Waals surface area contributed by atoms with Crippen LogP contribution in [0, 0.1) is 5.82 Å². The lowest BCUT2D eigenvalue weighted by molar-refractivity contribution is 0.579. The van der Waals surface area contributed by atoms with Crippen molar-refractivity contribution in [2.24, 2.45) is 0 Å². The molecular weight excluding hydrogens is 421 g/mol. The van der Waals surface area contributed by atoms with Crippen LogP contribution in [0.3, 0.4) is 0 Å². The van der Waals surface area contributed by atoms with E-state index in [0.717, 1.165) is 36.3 Å². The average molecular weight is 441 g/mol. The molecule has 1 saturated heterocycles. The van der Waals surface area contributed by atoms with Crippen LogP contribution in [0.2, 0.25) is 0 Å². The zero-order valence-corrected chi connectivity index (χ0v) is 17.6. The third kappa shape index (κ3) is 3.24. The van der Waals surface area contributed by atoms with Crippen LogP contribution in [-0.4, -0.2) is 36.0 Å². The van der Waals surface area contributed by atoms with Crippen molar-refractivity contribution in [3.63, 3.8) is 0 Å². The number of fused-ring (bicyclic) bond motifs is 2. The van der Waals surface area contributed by atoms with Crippen molar-refractivity contribution in [2.75, 3.05) is 11.4 Å². The van der Waals surface area contributed by atoms with Crippen molar-refractivity contribution in [1.82, 2.24) is 29.5 Å². The van der Waals surface area contributed by atoms with E-state index in [4.69, 9.17) is 4.98 Å². The highest BCUT2D eigenvalue weighted by Gasteiger charge is 2.33. The number of benzene rings is 2. The van der Waals surface area contributed by atoms with Gasteiger partial charge in [0.25, 0.3) is 5.56 Å². The van der Waals surface area contributed by atoms with Crippen LogP contribution in [0.5, 0.6) is 0 Å². The normalized spacial score (nSPS) is 16.2. The molecule has 1 aliphatic rings. The lowest BCUT2D eigenvalue weighted by Crippen LogP contribution is -2.33. The van der Waals surface area contributed by atoms with Gasteiger partial charge in [0, 0.05) is 6.54 Å². The molecule has 0 unspecified atom stereocenters. The molecule has 0 bridgehead atoms. The number of halogens is 1. The number of rotatable bonds is 4. The summed E-state index contributed by atoms with van der Waals surface area (Å²) >= 11 is 0. The predicted octanol–water partition coefficient (Wildman–Crippen LogP) is 3.59. The van der Waals surface area contributed by atoms with E-state index in [2.05, 4.69) is 24.8 Å². The second kappa shape index (κ2) is 7.77. The predicted molar refractivity (Wildman–Crippen MR) is 123 cm³/mol. The summed E-state index contributed by atoms with van der Waals surface area (Å²) < 4.78 is 16.3. The van der Waals surface area contributed by atoms with Crippen LogP contribution in [-0.2, 0) is 6.54 Å². The van der Waals surface area contributed by atoms with Gasteiger partial charge in [-0.05, 0) is 30.5 Å². The Morgan fingerprint density at radius 1 is 1.06 bits per heavy atom. The molecule has 1 N–H and O–H groups in total. The summed E-state index contributed by atoms with van der Waals surface area (Å²) in [6, 6.07) is 14.0. The van der Waals surface area contributed by atoms with Crippen molar-refractivity contribution in [1.29, 1.82) is 0 Å². The Balaban J connectivity index is 1.55. The summed E-state index contributed by atoms with van der Waals surface area (Å²) in [5, 5.41) is 0.0136. The molecule has 164 valence electrons. The zero-order chi connectivity index (χ0) is 22.4. The highest BCUT2D eigenvalue weighted by atomic mass is 19.1. The highest BCUT2D eigenvalue weighted by Crippen LogP contribution is 2.36. The summed E-state index contributed by atoms with van der Waals surface area (Å²) in [7, 11) is 0. The molecule has 1 fully saturated rings. The van der Waals surface area contributed by atoms with E-state index in [1.165, 1.54) is 12.4 Å². The Bertz CT molecular complexity index is 1530. The summed E-state index contributed by atoms with van der Waals surface area (Å²) in [6.45, 7) is 1.05. The fourth-order valence-electron chi connectivity index (χ4n) is 4.67. The highest BCUT2D eigenvalue weighted by molar-refractivity contribution is 5.83. The molecule has 2 aromatic carbocycles. The van der Waals surface area contributed by atoms with Crippen molar-refractivity contribution in [2.45, 2.75) is 25.4 Å². The Hall–Kier alpha value is -4.14. The summed E-state index contributed by atoms with van der Waals surface area (Å²) in [4.78, 5) is 36.6. The van der Waals surface area contributed by atoms with Crippen molar-refractivity contribution in [3.8, 4) is 0 Å². The maximum absolute atomic E-state index is 14.7. The van der Waals surface area contributed by atoms with Crippen LogP contribution in [0.1, 0.15) is 30.3 Å². The molecule has 0 spiro atoms. The lowest BCUT2D eigenvalue weighted by Gasteiger charge is -2.27. The number of hydrogen-bond donors (Lipinski definition) is 1. The van der Waals surface area contributed by atoms with Gasteiger partial charge in [-0.3, -0.25) is 9.36 Å². The smallest absolute Gasteiger partial charge is 0.264 e. The Kier molecular flexibility index (Phi) is 4.60. The molecule has 0 radical (unpaired) electrons. The molecule has 9 heteroatoms. The van der Waals surface area contributed by atoms with Gasteiger partial charge in [0.2, 0.25) is 0 Å². The van der Waals surface area contributed by atoms with Crippen LogP contribution in [0.15, 0.2) is 66.0 Å². The Labute approximate surface area is 187 Å². The molecule has 8 nitrogen and oxygen atoms in total. The van der Waals surface area contributed by atoms with Crippen molar-refractivity contribution >= 4 is 27.9 Å². The third-order valence-corrected chi connectivity index (χ3v) is 6.17. The number of aromatic nitrogens is 6. The number of hydrogen-bond acceptors (Lipinski definition) is 6. The molecule has 1 aliphatic heterocycles. The molecule has 0 aliphatic carbocycles. The molecule has 6 rings (SSSR count). The lowest BCUT2D eigenvalue weighted by atomic mass is 10.1. The molecule has 4 heterocycles. The number of nitrogens with zero attached hydrogens (tertiary/aromatic N) is 6. The van der Waals surface area contributed by atoms with Gasteiger partial charge in [0.15, 0.2) is 11.5 Å². The second-order valence-corrected chi connectivity index (χ2v) is 8.13. The van der Waals surface area contributed by atoms with Gasteiger partial charge >= 0.3 is 0 Å². The zero-order valence-electron chi connectivity index (χ0n) is 17.6. The fourth-order valence-corrected chi connectivity index (χ4v) is 4.67. The van der Waals surface area contributed by atoms with Crippen molar-refractivity contribution in [3.05, 3.63) is 88.7 Å². The molecular formula is C24H20FN7O. The number of aromatic amines is 1. The first-order valence-corrected chi connectivity index (χ1v) is 10.8. The largest absolute Gasteiger partial charge is 0.345 e. The SMILES string of the molecule is O=c1c2c(F)cccc2nc([C@@H]2CCCN2c2ncnc3nc[nH]c23)n1Cc1ccccc1. The van der Waals surface area contributed by atoms with Crippen molar-refractivity contribution < 1.29 is 4.39 Å². The van der Waals surface area contributed by atoms with Crippen LogP contribution in [0.4, 0.5) is 10.2 Å². The quantitative estimate of drug-likeness (QED) is 0.458. The number of nitrogens with one attached hydrogen (secondary N) is 1. The minimum absolute atomic E-state index is 0.0136. The minimum Gasteiger partial charge on any atom is -0.345 e. The molecule has 3 aromatic heterocycles. The van der Waals surface area contributed by atoms with E-state index in [-0.39, 0.29) is 17.0 Å². The molecule has 33 heavy (non-hydrogen) atoms. The summed E-state index contributed by atoms with van der Waals surface area (Å²) in [6.07, 6.45) is 4.79. The first-order valence-electron chi connectivity index (χ1n) is 10.8. The third-order valence-electron chi connectivity index (χ3n) is 6.17.